The van der Waals surface area contributed by atoms with Crippen molar-refractivity contribution in [2.24, 2.45) is 23.2 Å². The van der Waals surface area contributed by atoms with Gasteiger partial charge in [0.2, 0.25) is 0 Å². The fraction of sp³-hybridized carbons (Fsp3) is 0.857. The molecule has 0 radical (unpaired) electrons. The molecular formula is C14H24. The Morgan fingerprint density at radius 1 is 1.21 bits per heavy atom. The predicted octanol–water partition coefficient (Wildman–Crippen LogP) is 4.42. The van der Waals surface area contributed by atoms with Crippen molar-refractivity contribution in [1.29, 1.82) is 0 Å². The Bertz CT molecular complexity index is 236. The highest BCUT2D eigenvalue weighted by Crippen LogP contribution is 2.54. The number of fused-ring (bicyclic) bond motifs is 1. The smallest absolute Gasteiger partial charge is 0.0180 e. The van der Waals surface area contributed by atoms with Gasteiger partial charge in [-0.15, -0.1) is 0 Å². The molecule has 0 spiro atoms. The lowest BCUT2D eigenvalue weighted by atomic mass is 9.54. The first-order chi connectivity index (χ1) is 6.53. The van der Waals surface area contributed by atoms with Gasteiger partial charge in [0.05, 0.1) is 0 Å². The van der Waals surface area contributed by atoms with Gasteiger partial charge < -0.3 is 0 Å². The number of hydrogen-bond acceptors (Lipinski definition) is 0. The lowest BCUT2D eigenvalue weighted by Crippen LogP contribution is -2.42. The summed E-state index contributed by atoms with van der Waals surface area (Å²) in [6.45, 7) is 11.6. The Labute approximate surface area is 88.8 Å². The van der Waals surface area contributed by atoms with E-state index in [9.17, 15) is 0 Å². The summed E-state index contributed by atoms with van der Waals surface area (Å²) in [5, 5.41) is 0. The van der Waals surface area contributed by atoms with E-state index in [-0.39, 0.29) is 0 Å². The Balaban J connectivity index is 2.24. The van der Waals surface area contributed by atoms with Gasteiger partial charge in [-0.25, -0.2) is 0 Å². The molecule has 2 aliphatic carbocycles. The highest BCUT2D eigenvalue weighted by Gasteiger charge is 2.45. The third kappa shape index (κ3) is 1.43. The minimum Gasteiger partial charge on any atom is -0.0996 e. The lowest BCUT2D eigenvalue weighted by molar-refractivity contribution is 0.0273. The molecule has 0 aromatic rings. The normalized spacial score (nSPS) is 41.9. The molecule has 0 saturated heterocycles. The Kier molecular flexibility index (Phi) is 2.49. The molecule has 0 bridgehead atoms. The largest absolute Gasteiger partial charge is 0.0996 e. The monoisotopic (exact) mass is 192 g/mol. The second kappa shape index (κ2) is 3.40. The van der Waals surface area contributed by atoms with Crippen LogP contribution in [0.1, 0.15) is 52.9 Å². The van der Waals surface area contributed by atoms with Gasteiger partial charge in [0.1, 0.15) is 0 Å². The zero-order valence-electron chi connectivity index (χ0n) is 9.97. The average molecular weight is 192 g/mol. The number of allylic oxidation sites excluding steroid dienone is 1. The van der Waals surface area contributed by atoms with Crippen LogP contribution in [0, 0.1) is 23.2 Å². The lowest BCUT2D eigenvalue weighted by Gasteiger charge is -2.51. The second-order valence-electron chi connectivity index (χ2n) is 6.06. The van der Waals surface area contributed by atoms with E-state index >= 15 is 0 Å². The first kappa shape index (κ1) is 10.3. The zero-order chi connectivity index (χ0) is 10.3. The van der Waals surface area contributed by atoms with Crippen LogP contribution in [0.3, 0.4) is 0 Å². The van der Waals surface area contributed by atoms with Gasteiger partial charge in [-0.1, -0.05) is 45.8 Å². The molecule has 3 atom stereocenters. The van der Waals surface area contributed by atoms with Gasteiger partial charge >= 0.3 is 0 Å². The van der Waals surface area contributed by atoms with E-state index in [0.29, 0.717) is 5.41 Å². The summed E-state index contributed by atoms with van der Waals surface area (Å²) in [6, 6.07) is 0. The highest BCUT2D eigenvalue weighted by molar-refractivity contribution is 5.12. The van der Waals surface area contributed by atoms with Crippen molar-refractivity contribution >= 4 is 0 Å². The van der Waals surface area contributed by atoms with E-state index in [1.807, 2.05) is 0 Å². The zero-order valence-corrected chi connectivity index (χ0v) is 9.97. The van der Waals surface area contributed by atoms with Crippen molar-refractivity contribution in [2.75, 3.05) is 0 Å². The number of rotatable bonds is 0. The maximum atomic E-state index is 4.28. The van der Waals surface area contributed by atoms with Gasteiger partial charge in [0.15, 0.2) is 0 Å². The van der Waals surface area contributed by atoms with Crippen molar-refractivity contribution < 1.29 is 0 Å². The maximum Gasteiger partial charge on any atom is -0.0180 e. The van der Waals surface area contributed by atoms with Crippen LogP contribution in [0.4, 0.5) is 0 Å². The van der Waals surface area contributed by atoms with Crippen LogP contribution >= 0.6 is 0 Å². The Morgan fingerprint density at radius 2 is 1.86 bits per heavy atom. The molecule has 0 heterocycles. The molecule has 0 aliphatic heterocycles. The van der Waals surface area contributed by atoms with Crippen LogP contribution in [0.15, 0.2) is 12.2 Å². The van der Waals surface area contributed by atoms with Gasteiger partial charge in [0.25, 0.3) is 0 Å². The van der Waals surface area contributed by atoms with E-state index in [4.69, 9.17) is 0 Å². The van der Waals surface area contributed by atoms with Gasteiger partial charge in [0, 0.05) is 0 Å². The summed E-state index contributed by atoms with van der Waals surface area (Å²) >= 11 is 0. The van der Waals surface area contributed by atoms with E-state index in [1.54, 1.807) is 0 Å². The molecule has 14 heavy (non-hydrogen) atoms. The maximum absolute atomic E-state index is 4.28. The molecule has 2 aliphatic rings. The molecule has 0 amide bonds. The first-order valence-corrected chi connectivity index (χ1v) is 6.21. The quantitative estimate of drug-likeness (QED) is 0.499. The second-order valence-corrected chi connectivity index (χ2v) is 6.06. The van der Waals surface area contributed by atoms with Crippen LogP contribution in [0.2, 0.25) is 0 Å². The summed E-state index contributed by atoms with van der Waals surface area (Å²) in [5.41, 5.74) is 2.01. The van der Waals surface area contributed by atoms with Crippen molar-refractivity contribution in [3.8, 4) is 0 Å². The Hall–Kier alpha value is -0.260. The summed E-state index contributed by atoms with van der Waals surface area (Å²) in [4.78, 5) is 0. The van der Waals surface area contributed by atoms with Gasteiger partial charge in [-0.3, -0.25) is 0 Å². The molecule has 3 unspecified atom stereocenters. The number of hydrogen-bond donors (Lipinski definition) is 0. The highest BCUT2D eigenvalue weighted by atomic mass is 14.5. The third-order valence-electron chi connectivity index (χ3n) is 5.12. The van der Waals surface area contributed by atoms with E-state index < -0.39 is 0 Å². The fourth-order valence-corrected chi connectivity index (χ4v) is 3.79. The van der Waals surface area contributed by atoms with Gasteiger partial charge in [-0.05, 0) is 42.4 Å². The molecule has 2 rings (SSSR count). The molecule has 2 saturated carbocycles. The Morgan fingerprint density at radius 3 is 2.57 bits per heavy atom. The molecule has 0 aromatic carbocycles. The minimum absolute atomic E-state index is 0.500. The first-order valence-electron chi connectivity index (χ1n) is 6.21. The van der Waals surface area contributed by atoms with Crippen molar-refractivity contribution in [3.63, 3.8) is 0 Å². The summed E-state index contributed by atoms with van der Waals surface area (Å²) < 4.78 is 0. The molecule has 0 heteroatoms. The predicted molar refractivity (Wildman–Crippen MR) is 62.2 cm³/mol. The molecule has 80 valence electrons. The summed E-state index contributed by atoms with van der Waals surface area (Å²) in [5.74, 6) is 2.65. The van der Waals surface area contributed by atoms with Crippen LogP contribution in [0.5, 0.6) is 0 Å². The van der Waals surface area contributed by atoms with Crippen LogP contribution in [-0.2, 0) is 0 Å². The third-order valence-corrected chi connectivity index (χ3v) is 5.12. The molecule has 0 N–H and O–H groups in total. The topological polar surface area (TPSA) is 0 Å². The summed E-state index contributed by atoms with van der Waals surface area (Å²) in [6.07, 6.45) is 7.16. The van der Waals surface area contributed by atoms with Crippen molar-refractivity contribution in [3.05, 3.63) is 12.2 Å². The van der Waals surface area contributed by atoms with Crippen LogP contribution in [-0.4, -0.2) is 0 Å². The minimum atomic E-state index is 0.500. The van der Waals surface area contributed by atoms with E-state index in [1.165, 1.54) is 37.7 Å². The summed E-state index contributed by atoms with van der Waals surface area (Å²) in [7, 11) is 0. The molecule has 2 fully saturated rings. The van der Waals surface area contributed by atoms with E-state index in [0.717, 1.165) is 17.8 Å². The molecular weight excluding hydrogens is 168 g/mol. The van der Waals surface area contributed by atoms with Crippen molar-refractivity contribution in [2.45, 2.75) is 52.9 Å². The fourth-order valence-electron chi connectivity index (χ4n) is 3.79. The van der Waals surface area contributed by atoms with Crippen LogP contribution < -0.4 is 0 Å². The molecule has 0 aromatic heterocycles. The average Bonchev–Trinajstić information content (AvgIpc) is 2.15. The standard InChI is InChI=1S/C14H24/c1-10-9-12-7-5-6-8-13(12)14(3,4)11(10)2/h11-13H,1,5-9H2,2-4H3. The molecule has 0 nitrogen and oxygen atoms in total. The van der Waals surface area contributed by atoms with Gasteiger partial charge in [-0.2, -0.15) is 0 Å². The SMILES string of the molecule is C=C1CC2CCCCC2C(C)(C)C1C. The van der Waals surface area contributed by atoms with E-state index in [2.05, 4.69) is 27.4 Å². The van der Waals surface area contributed by atoms with Crippen molar-refractivity contribution in [1.82, 2.24) is 0 Å². The van der Waals surface area contributed by atoms with Crippen LogP contribution in [0.25, 0.3) is 0 Å².